The van der Waals surface area contributed by atoms with Crippen molar-refractivity contribution in [1.29, 1.82) is 5.26 Å². The van der Waals surface area contributed by atoms with Gasteiger partial charge in [-0.25, -0.2) is 5.43 Å². The smallest absolute Gasteiger partial charge is 0.254 e. The molecule has 1 heterocycles. The first-order valence-electron chi connectivity index (χ1n) is 5.93. The summed E-state index contributed by atoms with van der Waals surface area (Å²) in [5, 5.41) is 13.0. The molecule has 0 unspecified atom stereocenters. The van der Waals surface area contributed by atoms with Crippen molar-refractivity contribution >= 4 is 28.9 Å². The molecular formula is C14H12N4O2. The van der Waals surface area contributed by atoms with E-state index in [1.54, 1.807) is 12.3 Å². The van der Waals surface area contributed by atoms with Crippen LogP contribution in [-0.4, -0.2) is 22.6 Å². The van der Waals surface area contributed by atoms with Gasteiger partial charge in [-0.15, -0.1) is 0 Å². The quantitative estimate of drug-likeness (QED) is 0.678. The van der Waals surface area contributed by atoms with Gasteiger partial charge in [0.05, 0.1) is 17.8 Å². The average Bonchev–Trinajstić information content (AvgIpc) is 2.79. The number of amides is 1. The molecule has 6 nitrogen and oxygen atoms in total. The first-order chi connectivity index (χ1) is 9.63. The fourth-order valence-electron chi connectivity index (χ4n) is 1.85. The van der Waals surface area contributed by atoms with Crippen LogP contribution in [0.1, 0.15) is 23.7 Å². The van der Waals surface area contributed by atoms with Crippen LogP contribution in [0.25, 0.3) is 10.9 Å². The first-order valence-corrected chi connectivity index (χ1v) is 5.93. The van der Waals surface area contributed by atoms with Crippen LogP contribution in [0.2, 0.25) is 0 Å². The molecule has 0 bridgehead atoms. The lowest BCUT2D eigenvalue weighted by Gasteiger charge is -1.96. The van der Waals surface area contributed by atoms with Crippen LogP contribution in [-0.2, 0) is 4.79 Å². The molecule has 2 aromatic rings. The molecule has 2 rings (SSSR count). The minimum atomic E-state index is -0.473. The van der Waals surface area contributed by atoms with Gasteiger partial charge in [0.25, 0.3) is 5.91 Å². The van der Waals surface area contributed by atoms with Crippen LogP contribution in [0.5, 0.6) is 0 Å². The van der Waals surface area contributed by atoms with E-state index >= 15 is 0 Å². The van der Waals surface area contributed by atoms with Gasteiger partial charge in [-0.3, -0.25) is 14.2 Å². The standard InChI is InChI=1S/C14H12N4O2/c1-10(19)18-9-11(8-16-17-14(20)6-7-15)12-4-2-3-5-13(12)18/h2-5,8-9H,6H2,1H3,(H,17,20)/b16-8+. The fraction of sp³-hybridized carbons (Fsp3) is 0.143. The summed E-state index contributed by atoms with van der Waals surface area (Å²) in [6.45, 7) is 1.47. The van der Waals surface area contributed by atoms with Crippen LogP contribution < -0.4 is 5.43 Å². The molecule has 0 aliphatic heterocycles. The Morgan fingerprint density at radius 3 is 2.90 bits per heavy atom. The average molecular weight is 268 g/mol. The van der Waals surface area contributed by atoms with E-state index in [0.29, 0.717) is 5.56 Å². The van der Waals surface area contributed by atoms with E-state index in [9.17, 15) is 9.59 Å². The monoisotopic (exact) mass is 268 g/mol. The zero-order valence-corrected chi connectivity index (χ0v) is 10.8. The third kappa shape index (κ3) is 2.72. The maximum atomic E-state index is 11.6. The molecule has 0 radical (unpaired) electrons. The molecule has 1 amide bonds. The zero-order chi connectivity index (χ0) is 14.5. The van der Waals surface area contributed by atoms with Crippen molar-refractivity contribution in [2.24, 2.45) is 5.10 Å². The van der Waals surface area contributed by atoms with E-state index in [1.165, 1.54) is 17.7 Å². The number of para-hydroxylation sites is 1. The lowest BCUT2D eigenvalue weighted by atomic mass is 10.2. The second kappa shape index (κ2) is 5.80. The third-order valence-corrected chi connectivity index (χ3v) is 2.71. The Morgan fingerprint density at radius 2 is 2.20 bits per heavy atom. The molecule has 0 saturated heterocycles. The molecule has 0 aliphatic rings. The minimum absolute atomic E-state index is 0.102. The summed E-state index contributed by atoms with van der Waals surface area (Å²) in [5.74, 6) is -0.576. The van der Waals surface area contributed by atoms with Crippen molar-refractivity contribution in [3.8, 4) is 6.07 Å². The third-order valence-electron chi connectivity index (χ3n) is 2.71. The second-order valence-electron chi connectivity index (χ2n) is 4.12. The molecule has 0 aliphatic carbocycles. The van der Waals surface area contributed by atoms with Gasteiger partial charge in [0.2, 0.25) is 5.91 Å². The highest BCUT2D eigenvalue weighted by molar-refractivity contribution is 6.03. The summed E-state index contributed by atoms with van der Waals surface area (Å²) in [6, 6.07) is 9.14. The van der Waals surface area contributed by atoms with Gasteiger partial charge in [-0.05, 0) is 6.07 Å². The molecule has 0 atom stereocenters. The Labute approximate surface area is 115 Å². The van der Waals surface area contributed by atoms with Crippen LogP contribution in [0.3, 0.4) is 0 Å². The van der Waals surface area contributed by atoms with Gasteiger partial charge >= 0.3 is 0 Å². The van der Waals surface area contributed by atoms with Gasteiger partial charge < -0.3 is 0 Å². The van der Waals surface area contributed by atoms with E-state index in [4.69, 9.17) is 5.26 Å². The number of fused-ring (bicyclic) bond motifs is 1. The molecule has 0 saturated carbocycles. The summed E-state index contributed by atoms with van der Waals surface area (Å²) >= 11 is 0. The molecule has 6 heteroatoms. The lowest BCUT2D eigenvalue weighted by Crippen LogP contribution is -2.16. The normalized spacial score (nSPS) is 10.6. The Balaban J connectivity index is 2.31. The number of carbonyl (C=O) groups is 2. The van der Waals surface area contributed by atoms with E-state index in [1.807, 2.05) is 24.3 Å². The van der Waals surface area contributed by atoms with Crippen molar-refractivity contribution in [3.63, 3.8) is 0 Å². The highest BCUT2D eigenvalue weighted by Gasteiger charge is 2.08. The molecule has 20 heavy (non-hydrogen) atoms. The molecule has 0 fully saturated rings. The Kier molecular flexibility index (Phi) is 3.91. The van der Waals surface area contributed by atoms with E-state index in [2.05, 4.69) is 10.5 Å². The SMILES string of the molecule is CC(=O)n1cc(/C=N/NC(=O)CC#N)c2ccccc21. The Morgan fingerprint density at radius 1 is 1.45 bits per heavy atom. The molecule has 1 aromatic heterocycles. The number of carbonyl (C=O) groups excluding carboxylic acids is 2. The van der Waals surface area contributed by atoms with E-state index < -0.39 is 5.91 Å². The number of hydrazone groups is 1. The molecule has 0 spiro atoms. The maximum Gasteiger partial charge on any atom is 0.254 e. The summed E-state index contributed by atoms with van der Waals surface area (Å²) < 4.78 is 1.52. The Hall–Kier alpha value is -2.94. The summed E-state index contributed by atoms with van der Waals surface area (Å²) in [4.78, 5) is 22.7. The minimum Gasteiger partial charge on any atom is -0.287 e. The first kappa shape index (κ1) is 13.5. The summed E-state index contributed by atoms with van der Waals surface area (Å²) in [7, 11) is 0. The van der Waals surface area contributed by atoms with Gasteiger partial charge in [0.15, 0.2) is 0 Å². The maximum absolute atomic E-state index is 11.6. The zero-order valence-electron chi connectivity index (χ0n) is 10.8. The fourth-order valence-corrected chi connectivity index (χ4v) is 1.85. The molecule has 1 N–H and O–H groups in total. The van der Waals surface area contributed by atoms with Crippen LogP contribution >= 0.6 is 0 Å². The number of nitrogens with zero attached hydrogens (tertiary/aromatic N) is 3. The van der Waals surface area contributed by atoms with Crippen LogP contribution in [0.15, 0.2) is 35.6 Å². The predicted octanol–water partition coefficient (Wildman–Crippen LogP) is 1.67. The number of aromatic nitrogens is 1. The van der Waals surface area contributed by atoms with Gasteiger partial charge in [-0.2, -0.15) is 10.4 Å². The largest absolute Gasteiger partial charge is 0.287 e. The van der Waals surface area contributed by atoms with Crippen molar-refractivity contribution in [2.45, 2.75) is 13.3 Å². The second-order valence-corrected chi connectivity index (χ2v) is 4.12. The van der Waals surface area contributed by atoms with Crippen molar-refractivity contribution < 1.29 is 9.59 Å². The predicted molar refractivity (Wildman–Crippen MR) is 74.2 cm³/mol. The van der Waals surface area contributed by atoms with E-state index in [-0.39, 0.29) is 12.3 Å². The number of benzene rings is 1. The van der Waals surface area contributed by atoms with Crippen molar-refractivity contribution in [1.82, 2.24) is 9.99 Å². The highest BCUT2D eigenvalue weighted by atomic mass is 16.2. The lowest BCUT2D eigenvalue weighted by molar-refractivity contribution is -0.120. The van der Waals surface area contributed by atoms with Crippen molar-refractivity contribution in [3.05, 3.63) is 36.0 Å². The molecule has 1 aromatic carbocycles. The summed E-state index contributed by atoms with van der Waals surface area (Å²) in [6.07, 6.45) is 2.87. The highest BCUT2D eigenvalue weighted by Crippen LogP contribution is 2.19. The van der Waals surface area contributed by atoms with Gasteiger partial charge in [-0.1, -0.05) is 18.2 Å². The number of hydrogen-bond donors (Lipinski definition) is 1. The molecule has 100 valence electrons. The number of nitriles is 1. The number of hydrogen-bond acceptors (Lipinski definition) is 4. The van der Waals surface area contributed by atoms with E-state index in [0.717, 1.165) is 10.9 Å². The van der Waals surface area contributed by atoms with Crippen LogP contribution in [0, 0.1) is 11.3 Å². The van der Waals surface area contributed by atoms with Crippen LogP contribution in [0.4, 0.5) is 0 Å². The van der Waals surface area contributed by atoms with Gasteiger partial charge in [0.1, 0.15) is 6.42 Å². The Bertz CT molecular complexity index is 737. The summed E-state index contributed by atoms with van der Waals surface area (Å²) in [5.41, 5.74) is 3.75. The number of nitrogens with one attached hydrogen (secondary N) is 1. The number of rotatable bonds is 3. The molecular weight excluding hydrogens is 256 g/mol. The van der Waals surface area contributed by atoms with Gasteiger partial charge in [0, 0.05) is 24.1 Å². The topological polar surface area (TPSA) is 87.2 Å². The van der Waals surface area contributed by atoms with Crippen molar-refractivity contribution in [2.75, 3.05) is 0 Å².